The van der Waals surface area contributed by atoms with Crippen molar-refractivity contribution in [3.63, 3.8) is 0 Å². The average Bonchev–Trinajstić information content (AvgIpc) is 2.84. The predicted octanol–water partition coefficient (Wildman–Crippen LogP) is 1.74. The molecule has 1 aliphatic heterocycles. The summed E-state index contributed by atoms with van der Waals surface area (Å²) in [6.45, 7) is 1.89. The van der Waals surface area contributed by atoms with E-state index in [-0.39, 0.29) is 5.56 Å². The monoisotopic (exact) mass is 253 g/mol. The molecule has 0 spiro atoms. The van der Waals surface area contributed by atoms with Crippen LogP contribution < -0.4 is 0 Å². The van der Waals surface area contributed by atoms with Crippen molar-refractivity contribution in [3.8, 4) is 0 Å². The molecule has 1 heterocycles. The topological polar surface area (TPSA) is 49.8 Å². The number of carboxylic acids is 1. The van der Waals surface area contributed by atoms with Crippen LogP contribution in [0.1, 0.15) is 22.3 Å². The maximum atomic E-state index is 13.0. The summed E-state index contributed by atoms with van der Waals surface area (Å²) in [5.41, 5.74) is 0.652. The minimum absolute atomic E-state index is 0.0285. The number of benzene rings is 1. The molecule has 18 heavy (non-hydrogen) atoms. The van der Waals surface area contributed by atoms with E-state index in [1.54, 1.807) is 0 Å². The third kappa shape index (κ3) is 2.86. The lowest BCUT2D eigenvalue weighted by atomic mass is 10.1. The van der Waals surface area contributed by atoms with E-state index >= 15 is 0 Å². The summed E-state index contributed by atoms with van der Waals surface area (Å²) in [7, 11) is 1.92. The summed E-state index contributed by atoms with van der Waals surface area (Å²) in [5.74, 6) is -1.62. The van der Waals surface area contributed by atoms with Crippen molar-refractivity contribution in [1.82, 2.24) is 4.90 Å². The van der Waals surface area contributed by atoms with Gasteiger partial charge in [-0.05, 0) is 31.2 Å². The van der Waals surface area contributed by atoms with Crippen molar-refractivity contribution in [2.75, 3.05) is 20.3 Å². The van der Waals surface area contributed by atoms with Crippen LogP contribution in [0.15, 0.2) is 18.2 Å². The van der Waals surface area contributed by atoms with Gasteiger partial charge in [-0.1, -0.05) is 6.07 Å². The van der Waals surface area contributed by atoms with Crippen LogP contribution in [-0.2, 0) is 11.3 Å². The van der Waals surface area contributed by atoms with Crippen LogP contribution in [0.4, 0.5) is 4.39 Å². The highest BCUT2D eigenvalue weighted by Gasteiger charge is 2.22. The third-order valence-corrected chi connectivity index (χ3v) is 3.25. The highest BCUT2D eigenvalue weighted by atomic mass is 19.1. The van der Waals surface area contributed by atoms with Gasteiger partial charge in [-0.3, -0.25) is 4.90 Å². The van der Waals surface area contributed by atoms with Crippen LogP contribution in [0.3, 0.4) is 0 Å². The first-order valence-corrected chi connectivity index (χ1v) is 5.87. The maximum absolute atomic E-state index is 13.0. The molecule has 98 valence electrons. The Morgan fingerprint density at radius 1 is 1.61 bits per heavy atom. The molecule has 0 amide bonds. The number of ether oxygens (including phenoxy) is 1. The van der Waals surface area contributed by atoms with E-state index in [2.05, 4.69) is 0 Å². The molecule has 0 radical (unpaired) electrons. The molecule has 1 aliphatic rings. The van der Waals surface area contributed by atoms with E-state index in [1.807, 2.05) is 11.9 Å². The van der Waals surface area contributed by atoms with Crippen molar-refractivity contribution in [2.24, 2.45) is 0 Å². The molecule has 1 N–H and O–H groups in total. The minimum atomic E-state index is -1.10. The maximum Gasteiger partial charge on any atom is 0.336 e. The summed E-state index contributed by atoms with van der Waals surface area (Å²) in [4.78, 5) is 13.1. The van der Waals surface area contributed by atoms with Crippen LogP contribution in [0.25, 0.3) is 0 Å². The zero-order valence-electron chi connectivity index (χ0n) is 10.2. The van der Waals surface area contributed by atoms with Crippen molar-refractivity contribution in [2.45, 2.75) is 19.0 Å². The number of hydrogen-bond acceptors (Lipinski definition) is 3. The third-order valence-electron chi connectivity index (χ3n) is 3.25. The van der Waals surface area contributed by atoms with Gasteiger partial charge in [0.15, 0.2) is 0 Å². The standard InChI is InChI=1S/C13H16FNO3/c1-15(11-4-5-18-8-11)7-9-2-3-10(14)6-12(9)13(16)17/h2-3,6,11H,4-5,7-8H2,1H3,(H,16,17). The zero-order valence-corrected chi connectivity index (χ0v) is 10.2. The summed E-state index contributed by atoms with van der Waals surface area (Å²) < 4.78 is 18.3. The summed E-state index contributed by atoms with van der Waals surface area (Å²) in [5, 5.41) is 9.06. The van der Waals surface area contributed by atoms with Gasteiger partial charge >= 0.3 is 5.97 Å². The highest BCUT2D eigenvalue weighted by molar-refractivity contribution is 5.89. The highest BCUT2D eigenvalue weighted by Crippen LogP contribution is 2.17. The van der Waals surface area contributed by atoms with Crippen LogP contribution in [-0.4, -0.2) is 42.3 Å². The van der Waals surface area contributed by atoms with E-state index in [1.165, 1.54) is 12.1 Å². The molecule has 0 bridgehead atoms. The quantitative estimate of drug-likeness (QED) is 0.888. The van der Waals surface area contributed by atoms with Crippen molar-refractivity contribution in [1.29, 1.82) is 0 Å². The smallest absolute Gasteiger partial charge is 0.336 e. The first-order chi connectivity index (χ1) is 8.58. The fraction of sp³-hybridized carbons (Fsp3) is 0.462. The molecule has 1 aromatic rings. The predicted molar refractivity (Wildman–Crippen MR) is 64.1 cm³/mol. The normalized spacial score (nSPS) is 19.4. The number of carbonyl (C=O) groups is 1. The van der Waals surface area contributed by atoms with Gasteiger partial charge in [0.2, 0.25) is 0 Å². The average molecular weight is 253 g/mol. The van der Waals surface area contributed by atoms with Gasteiger partial charge in [-0.15, -0.1) is 0 Å². The lowest BCUT2D eigenvalue weighted by molar-refractivity contribution is 0.0693. The van der Waals surface area contributed by atoms with Crippen molar-refractivity contribution >= 4 is 5.97 Å². The fourth-order valence-corrected chi connectivity index (χ4v) is 2.15. The van der Waals surface area contributed by atoms with Gasteiger partial charge in [0, 0.05) is 19.2 Å². The van der Waals surface area contributed by atoms with Crippen LogP contribution >= 0.6 is 0 Å². The number of carboxylic acid groups (broad SMARTS) is 1. The second kappa shape index (κ2) is 5.46. The zero-order chi connectivity index (χ0) is 13.1. The molecule has 1 saturated heterocycles. The lowest BCUT2D eigenvalue weighted by Gasteiger charge is -2.23. The molecule has 1 unspecified atom stereocenters. The fourth-order valence-electron chi connectivity index (χ4n) is 2.15. The summed E-state index contributed by atoms with van der Waals surface area (Å²) in [6, 6.07) is 4.19. The SMILES string of the molecule is CN(Cc1ccc(F)cc1C(=O)O)C1CCOC1. The van der Waals surface area contributed by atoms with E-state index in [9.17, 15) is 9.18 Å². The molecule has 1 atom stereocenters. The Balaban J connectivity index is 2.15. The number of aromatic carboxylic acids is 1. The first kappa shape index (κ1) is 13.0. The summed E-state index contributed by atoms with van der Waals surface area (Å²) >= 11 is 0. The second-order valence-corrected chi connectivity index (χ2v) is 4.54. The molecule has 1 aromatic carbocycles. The molecule has 0 aliphatic carbocycles. The molecule has 1 fully saturated rings. The van der Waals surface area contributed by atoms with Gasteiger partial charge < -0.3 is 9.84 Å². The largest absolute Gasteiger partial charge is 0.478 e. The Kier molecular flexibility index (Phi) is 3.93. The van der Waals surface area contributed by atoms with Crippen LogP contribution in [0.5, 0.6) is 0 Å². The number of hydrogen-bond donors (Lipinski definition) is 1. The molecule has 0 saturated carbocycles. The molecular formula is C13H16FNO3. The molecule has 4 nitrogen and oxygen atoms in total. The van der Waals surface area contributed by atoms with Crippen molar-refractivity contribution < 1.29 is 19.0 Å². The second-order valence-electron chi connectivity index (χ2n) is 4.54. The Morgan fingerprint density at radius 2 is 2.39 bits per heavy atom. The number of halogens is 1. The van der Waals surface area contributed by atoms with Gasteiger partial charge in [0.05, 0.1) is 12.2 Å². The Morgan fingerprint density at radius 3 is 3.00 bits per heavy atom. The van der Waals surface area contributed by atoms with Crippen molar-refractivity contribution in [3.05, 3.63) is 35.1 Å². The molecule has 5 heteroatoms. The van der Waals surface area contributed by atoms with E-state index in [0.29, 0.717) is 24.8 Å². The van der Waals surface area contributed by atoms with Gasteiger partial charge in [-0.2, -0.15) is 0 Å². The molecular weight excluding hydrogens is 237 g/mol. The van der Waals surface area contributed by atoms with Crippen LogP contribution in [0, 0.1) is 5.82 Å². The van der Waals surface area contributed by atoms with Gasteiger partial charge in [-0.25, -0.2) is 9.18 Å². The summed E-state index contributed by atoms with van der Waals surface area (Å²) in [6.07, 6.45) is 0.945. The van der Waals surface area contributed by atoms with E-state index < -0.39 is 11.8 Å². The number of likely N-dealkylation sites (N-methyl/N-ethyl adjacent to an activating group) is 1. The number of rotatable bonds is 4. The minimum Gasteiger partial charge on any atom is -0.478 e. The molecule has 2 rings (SSSR count). The first-order valence-electron chi connectivity index (χ1n) is 5.87. The Labute approximate surface area is 105 Å². The van der Waals surface area contributed by atoms with Gasteiger partial charge in [0.1, 0.15) is 5.82 Å². The van der Waals surface area contributed by atoms with Crippen LogP contribution in [0.2, 0.25) is 0 Å². The lowest BCUT2D eigenvalue weighted by Crippen LogP contribution is -2.31. The Bertz CT molecular complexity index is 444. The van der Waals surface area contributed by atoms with E-state index in [0.717, 1.165) is 19.1 Å². The van der Waals surface area contributed by atoms with E-state index in [4.69, 9.17) is 9.84 Å². The van der Waals surface area contributed by atoms with Gasteiger partial charge in [0.25, 0.3) is 0 Å². The molecule has 0 aromatic heterocycles. The Hall–Kier alpha value is -1.46. The number of nitrogens with zero attached hydrogens (tertiary/aromatic N) is 1.